The number of urea groups is 1. The molecule has 0 bridgehead atoms. The van der Waals surface area contributed by atoms with E-state index < -0.39 is 24.6 Å². The second-order valence-electron chi connectivity index (χ2n) is 4.46. The zero-order valence-corrected chi connectivity index (χ0v) is 10.4. The van der Waals surface area contributed by atoms with Crippen molar-refractivity contribution < 1.29 is 19.8 Å². The average molecular weight is 264 g/mol. The molecule has 6 nitrogen and oxygen atoms in total. The minimum atomic E-state index is -1.26. The van der Waals surface area contributed by atoms with E-state index in [-0.39, 0.29) is 0 Å². The first-order chi connectivity index (χ1) is 9.11. The van der Waals surface area contributed by atoms with Gasteiger partial charge in [0.2, 0.25) is 0 Å². The maximum absolute atomic E-state index is 11.9. The third kappa shape index (κ3) is 3.03. The van der Waals surface area contributed by atoms with E-state index in [1.807, 2.05) is 24.3 Å². The Morgan fingerprint density at radius 1 is 1.32 bits per heavy atom. The molecule has 0 saturated carbocycles. The number of aliphatic hydroxyl groups is 1. The number of aliphatic hydroxyl groups excluding tert-OH is 1. The third-order valence-corrected chi connectivity index (χ3v) is 3.20. The van der Waals surface area contributed by atoms with Gasteiger partial charge in [0, 0.05) is 13.1 Å². The van der Waals surface area contributed by atoms with Crippen LogP contribution < -0.4 is 5.32 Å². The summed E-state index contributed by atoms with van der Waals surface area (Å²) in [5.41, 5.74) is 2.28. The smallest absolute Gasteiger partial charge is 0.328 e. The second-order valence-corrected chi connectivity index (χ2v) is 4.46. The van der Waals surface area contributed by atoms with Gasteiger partial charge >= 0.3 is 12.0 Å². The van der Waals surface area contributed by atoms with E-state index in [2.05, 4.69) is 5.32 Å². The van der Waals surface area contributed by atoms with Crippen molar-refractivity contribution in [2.45, 2.75) is 19.0 Å². The van der Waals surface area contributed by atoms with Crippen molar-refractivity contribution >= 4 is 12.0 Å². The van der Waals surface area contributed by atoms with Crippen LogP contribution in [0.15, 0.2) is 24.3 Å². The van der Waals surface area contributed by atoms with Crippen molar-refractivity contribution in [3.63, 3.8) is 0 Å². The molecule has 0 unspecified atom stereocenters. The lowest BCUT2D eigenvalue weighted by atomic mass is 10.0. The Labute approximate surface area is 110 Å². The van der Waals surface area contributed by atoms with Crippen molar-refractivity contribution in [1.29, 1.82) is 0 Å². The van der Waals surface area contributed by atoms with E-state index in [0.29, 0.717) is 13.1 Å². The number of nitrogens with zero attached hydrogens (tertiary/aromatic N) is 1. The van der Waals surface area contributed by atoms with Crippen molar-refractivity contribution in [3.05, 3.63) is 35.4 Å². The number of carbonyl (C=O) groups excluding carboxylic acids is 1. The number of amides is 2. The van der Waals surface area contributed by atoms with Gasteiger partial charge < -0.3 is 20.4 Å². The lowest BCUT2D eigenvalue weighted by Crippen LogP contribution is -2.50. The van der Waals surface area contributed by atoms with E-state index in [0.717, 1.165) is 12.0 Å². The zero-order chi connectivity index (χ0) is 13.8. The Morgan fingerprint density at radius 3 is 2.63 bits per heavy atom. The van der Waals surface area contributed by atoms with Crippen LogP contribution >= 0.6 is 0 Å². The summed E-state index contributed by atoms with van der Waals surface area (Å²) < 4.78 is 0. The van der Waals surface area contributed by atoms with Gasteiger partial charge in [-0.3, -0.25) is 0 Å². The quantitative estimate of drug-likeness (QED) is 0.727. The van der Waals surface area contributed by atoms with Crippen molar-refractivity contribution in [2.75, 3.05) is 13.2 Å². The van der Waals surface area contributed by atoms with E-state index in [1.165, 1.54) is 5.56 Å². The first-order valence-electron chi connectivity index (χ1n) is 6.07. The van der Waals surface area contributed by atoms with Crippen LogP contribution in [-0.2, 0) is 17.8 Å². The molecule has 0 aliphatic carbocycles. The fourth-order valence-corrected chi connectivity index (χ4v) is 2.09. The van der Waals surface area contributed by atoms with Gasteiger partial charge in [-0.2, -0.15) is 0 Å². The summed E-state index contributed by atoms with van der Waals surface area (Å²) in [6, 6.07) is 6.13. The van der Waals surface area contributed by atoms with Crippen molar-refractivity contribution in [3.8, 4) is 0 Å². The standard InChI is InChI=1S/C13H16N2O4/c16-8-11(12(17)18)14-13(19)15-6-5-9-3-1-2-4-10(9)7-15/h1-4,11,16H,5-8H2,(H,14,19)(H,17,18)/t11-/m0/s1. The Balaban J connectivity index is 2.01. The van der Waals surface area contributed by atoms with Crippen molar-refractivity contribution in [1.82, 2.24) is 10.2 Å². The number of hydrogen-bond acceptors (Lipinski definition) is 3. The van der Waals surface area contributed by atoms with E-state index in [1.54, 1.807) is 4.90 Å². The van der Waals surface area contributed by atoms with Crippen LogP contribution in [0.5, 0.6) is 0 Å². The molecule has 1 aromatic carbocycles. The molecule has 19 heavy (non-hydrogen) atoms. The molecule has 6 heteroatoms. The predicted octanol–water partition coefficient (Wildman–Crippen LogP) is 0.200. The SMILES string of the molecule is O=C(O)[C@H](CO)NC(=O)N1CCc2ccccc2C1. The minimum Gasteiger partial charge on any atom is -0.480 e. The summed E-state index contributed by atoms with van der Waals surface area (Å²) in [5.74, 6) is -1.24. The highest BCUT2D eigenvalue weighted by molar-refractivity contribution is 5.82. The van der Waals surface area contributed by atoms with Crippen LogP contribution in [0, 0.1) is 0 Å². The number of carboxylic acids is 1. The summed E-state index contributed by atoms with van der Waals surface area (Å²) in [7, 11) is 0. The number of nitrogens with one attached hydrogen (secondary N) is 1. The molecule has 2 rings (SSSR count). The molecule has 0 fully saturated rings. The van der Waals surface area contributed by atoms with Crippen molar-refractivity contribution in [2.24, 2.45) is 0 Å². The molecule has 0 radical (unpaired) electrons. The number of carbonyl (C=O) groups is 2. The minimum absolute atomic E-state index is 0.458. The van der Waals surface area contributed by atoms with Gasteiger partial charge in [-0.1, -0.05) is 24.3 Å². The summed E-state index contributed by atoms with van der Waals surface area (Å²) in [6.07, 6.45) is 0.750. The van der Waals surface area contributed by atoms with E-state index in [4.69, 9.17) is 10.2 Å². The number of hydrogen-bond donors (Lipinski definition) is 3. The molecule has 102 valence electrons. The molecule has 0 spiro atoms. The first kappa shape index (κ1) is 13.4. The fourth-order valence-electron chi connectivity index (χ4n) is 2.09. The average Bonchev–Trinajstić information content (AvgIpc) is 2.43. The van der Waals surface area contributed by atoms with Gasteiger partial charge in [-0.05, 0) is 17.5 Å². The normalized spacial score (nSPS) is 15.5. The van der Waals surface area contributed by atoms with Gasteiger partial charge in [0.15, 0.2) is 6.04 Å². The fraction of sp³-hybridized carbons (Fsp3) is 0.385. The van der Waals surface area contributed by atoms with Crippen LogP contribution in [0.3, 0.4) is 0 Å². The van der Waals surface area contributed by atoms with E-state index in [9.17, 15) is 9.59 Å². The van der Waals surface area contributed by atoms with Crippen LogP contribution in [0.25, 0.3) is 0 Å². The van der Waals surface area contributed by atoms with Gasteiger partial charge in [-0.15, -0.1) is 0 Å². The largest absolute Gasteiger partial charge is 0.480 e. The van der Waals surface area contributed by atoms with Crippen LogP contribution in [0.4, 0.5) is 4.79 Å². The topological polar surface area (TPSA) is 89.9 Å². The molecule has 1 aliphatic heterocycles. The summed E-state index contributed by atoms with van der Waals surface area (Å²) in [4.78, 5) is 24.2. The number of benzene rings is 1. The number of carboxylic acid groups (broad SMARTS) is 1. The lowest BCUT2D eigenvalue weighted by Gasteiger charge is -2.29. The number of aliphatic carboxylic acids is 1. The lowest BCUT2D eigenvalue weighted by molar-refractivity contribution is -0.140. The Bertz CT molecular complexity index is 489. The molecule has 2 amide bonds. The van der Waals surface area contributed by atoms with Crippen LogP contribution in [0.2, 0.25) is 0 Å². The number of fused-ring (bicyclic) bond motifs is 1. The summed E-state index contributed by atoms with van der Waals surface area (Å²) >= 11 is 0. The Morgan fingerprint density at radius 2 is 2.00 bits per heavy atom. The molecular formula is C13H16N2O4. The first-order valence-corrected chi connectivity index (χ1v) is 6.07. The van der Waals surface area contributed by atoms with Gasteiger partial charge in [0.1, 0.15) is 0 Å². The second kappa shape index (κ2) is 5.71. The summed E-state index contributed by atoms with van der Waals surface area (Å²) in [6.45, 7) is 0.381. The summed E-state index contributed by atoms with van der Waals surface area (Å²) in [5, 5.41) is 20.0. The molecule has 1 aromatic rings. The number of rotatable bonds is 3. The Hall–Kier alpha value is -2.08. The zero-order valence-electron chi connectivity index (χ0n) is 10.4. The highest BCUT2D eigenvalue weighted by Gasteiger charge is 2.24. The highest BCUT2D eigenvalue weighted by Crippen LogP contribution is 2.18. The highest BCUT2D eigenvalue weighted by atomic mass is 16.4. The van der Waals surface area contributed by atoms with Crippen LogP contribution in [0.1, 0.15) is 11.1 Å². The monoisotopic (exact) mass is 264 g/mol. The maximum atomic E-state index is 11.9. The third-order valence-electron chi connectivity index (χ3n) is 3.20. The molecular weight excluding hydrogens is 248 g/mol. The molecule has 1 heterocycles. The Kier molecular flexibility index (Phi) is 4.01. The molecule has 1 aliphatic rings. The predicted molar refractivity (Wildman–Crippen MR) is 67.6 cm³/mol. The molecule has 3 N–H and O–H groups in total. The van der Waals surface area contributed by atoms with Gasteiger partial charge in [-0.25, -0.2) is 9.59 Å². The maximum Gasteiger partial charge on any atom is 0.328 e. The molecule has 1 atom stereocenters. The van der Waals surface area contributed by atoms with E-state index >= 15 is 0 Å². The molecule has 0 saturated heterocycles. The van der Waals surface area contributed by atoms with Crippen LogP contribution in [-0.4, -0.2) is 46.3 Å². The van der Waals surface area contributed by atoms with Gasteiger partial charge in [0.05, 0.1) is 6.61 Å². The molecule has 0 aromatic heterocycles. The van der Waals surface area contributed by atoms with Gasteiger partial charge in [0.25, 0.3) is 0 Å².